The molecule has 0 saturated heterocycles. The fraction of sp³-hybridized carbons (Fsp3) is 0.432. The Morgan fingerprint density at radius 3 is 2.29 bits per heavy atom. The number of carbonyl (C=O) groups excluding carboxylic acids is 1. The van der Waals surface area contributed by atoms with E-state index in [2.05, 4.69) is 56.8 Å². The van der Waals surface area contributed by atoms with Crippen molar-refractivity contribution in [1.82, 2.24) is 0 Å². The molecule has 1 N–H and O–H groups in total. The molecule has 5 nitrogen and oxygen atoms in total. The Balaban J connectivity index is 1.51. The molecule has 0 atom stereocenters. The van der Waals surface area contributed by atoms with E-state index >= 15 is 0 Å². The Morgan fingerprint density at radius 1 is 0.881 bits per heavy atom. The maximum atomic E-state index is 11.5. The van der Waals surface area contributed by atoms with Crippen molar-refractivity contribution in [2.75, 3.05) is 26.4 Å². The SMILES string of the molecule is C=CC(=O)OCCOc1cc(-c2ccc(-c3ccc(OCCO)cc3)c(C)c2)ccc1C1CCC(CCCCC)CC1. The number of hydrogen-bond donors (Lipinski definition) is 1. The number of aliphatic hydroxyl groups is 1. The van der Waals surface area contributed by atoms with Crippen molar-refractivity contribution in [3.05, 3.63) is 84.4 Å². The van der Waals surface area contributed by atoms with E-state index in [1.807, 2.05) is 24.3 Å². The first-order chi connectivity index (χ1) is 20.5. The lowest BCUT2D eigenvalue weighted by Gasteiger charge is -2.30. The number of esters is 1. The van der Waals surface area contributed by atoms with Crippen LogP contribution in [0.25, 0.3) is 22.3 Å². The second-order valence-electron chi connectivity index (χ2n) is 11.3. The lowest BCUT2D eigenvalue weighted by molar-refractivity contribution is -0.138. The maximum absolute atomic E-state index is 11.5. The van der Waals surface area contributed by atoms with Gasteiger partial charge in [-0.2, -0.15) is 0 Å². The van der Waals surface area contributed by atoms with Crippen LogP contribution in [-0.4, -0.2) is 37.5 Å². The largest absolute Gasteiger partial charge is 0.491 e. The molecule has 0 radical (unpaired) electrons. The first-order valence-corrected chi connectivity index (χ1v) is 15.5. The first kappa shape index (κ1) is 31.4. The molecule has 0 heterocycles. The lowest BCUT2D eigenvalue weighted by atomic mass is 9.76. The summed E-state index contributed by atoms with van der Waals surface area (Å²) in [6, 6.07) is 21.1. The van der Waals surface area contributed by atoms with Gasteiger partial charge in [-0.3, -0.25) is 0 Å². The van der Waals surface area contributed by atoms with Crippen LogP contribution in [0.2, 0.25) is 0 Å². The Morgan fingerprint density at radius 2 is 1.60 bits per heavy atom. The Bertz CT molecular complexity index is 1290. The van der Waals surface area contributed by atoms with Crippen LogP contribution in [0.15, 0.2) is 73.3 Å². The molecule has 1 fully saturated rings. The van der Waals surface area contributed by atoms with E-state index in [4.69, 9.17) is 19.3 Å². The van der Waals surface area contributed by atoms with E-state index in [-0.39, 0.29) is 19.8 Å². The van der Waals surface area contributed by atoms with Crippen molar-refractivity contribution in [3.63, 3.8) is 0 Å². The second-order valence-corrected chi connectivity index (χ2v) is 11.3. The Labute approximate surface area is 251 Å². The van der Waals surface area contributed by atoms with Crippen molar-refractivity contribution >= 4 is 5.97 Å². The summed E-state index contributed by atoms with van der Waals surface area (Å²) in [5.41, 5.74) is 6.97. The van der Waals surface area contributed by atoms with E-state index in [0.29, 0.717) is 12.5 Å². The van der Waals surface area contributed by atoms with Crippen LogP contribution in [0, 0.1) is 12.8 Å². The number of aryl methyl sites for hydroxylation is 1. The third kappa shape index (κ3) is 8.72. The van der Waals surface area contributed by atoms with E-state index < -0.39 is 5.97 Å². The third-order valence-electron chi connectivity index (χ3n) is 8.35. The highest BCUT2D eigenvalue weighted by molar-refractivity contribution is 5.81. The van der Waals surface area contributed by atoms with E-state index in [1.165, 1.54) is 74.1 Å². The van der Waals surface area contributed by atoms with Crippen LogP contribution in [0.5, 0.6) is 11.5 Å². The van der Waals surface area contributed by atoms with Gasteiger partial charge in [0.2, 0.25) is 0 Å². The predicted octanol–water partition coefficient (Wildman–Crippen LogP) is 8.66. The molecular weight excluding hydrogens is 524 g/mol. The number of aliphatic hydroxyl groups excluding tert-OH is 1. The van der Waals surface area contributed by atoms with Crippen LogP contribution in [-0.2, 0) is 9.53 Å². The summed E-state index contributed by atoms with van der Waals surface area (Å²) in [6.07, 6.45) is 11.4. The van der Waals surface area contributed by atoms with Gasteiger partial charge in [-0.25, -0.2) is 4.79 Å². The number of ether oxygens (including phenoxy) is 3. The summed E-state index contributed by atoms with van der Waals surface area (Å²) < 4.78 is 17.0. The van der Waals surface area contributed by atoms with Crippen LogP contribution in [0.1, 0.15) is 75.3 Å². The molecule has 3 aromatic carbocycles. The minimum Gasteiger partial charge on any atom is -0.491 e. The topological polar surface area (TPSA) is 65.0 Å². The molecule has 3 aromatic rings. The van der Waals surface area contributed by atoms with Gasteiger partial charge in [-0.15, -0.1) is 0 Å². The van der Waals surface area contributed by atoms with Crippen molar-refractivity contribution < 1.29 is 24.1 Å². The fourth-order valence-corrected chi connectivity index (χ4v) is 6.04. The molecule has 0 aromatic heterocycles. The monoisotopic (exact) mass is 570 g/mol. The number of rotatable bonds is 15. The summed E-state index contributed by atoms with van der Waals surface area (Å²) in [7, 11) is 0. The highest BCUT2D eigenvalue weighted by Crippen LogP contribution is 2.42. The fourth-order valence-electron chi connectivity index (χ4n) is 6.04. The van der Waals surface area contributed by atoms with Gasteiger partial charge >= 0.3 is 5.97 Å². The van der Waals surface area contributed by atoms with Gasteiger partial charge in [-0.1, -0.05) is 81.7 Å². The Hall–Kier alpha value is -3.57. The molecule has 224 valence electrons. The second kappa shape index (κ2) is 16.2. The molecule has 0 bridgehead atoms. The third-order valence-corrected chi connectivity index (χ3v) is 8.35. The smallest absolute Gasteiger partial charge is 0.330 e. The van der Waals surface area contributed by atoms with Gasteiger partial charge in [0, 0.05) is 6.08 Å². The first-order valence-electron chi connectivity index (χ1n) is 15.5. The zero-order valence-corrected chi connectivity index (χ0v) is 25.3. The van der Waals surface area contributed by atoms with Gasteiger partial charge < -0.3 is 19.3 Å². The van der Waals surface area contributed by atoms with Crippen molar-refractivity contribution in [1.29, 1.82) is 0 Å². The van der Waals surface area contributed by atoms with E-state index in [1.54, 1.807) is 0 Å². The molecule has 0 spiro atoms. The van der Waals surface area contributed by atoms with Gasteiger partial charge in [0.15, 0.2) is 0 Å². The zero-order valence-electron chi connectivity index (χ0n) is 25.3. The van der Waals surface area contributed by atoms with Crippen molar-refractivity contribution in [3.8, 4) is 33.8 Å². The van der Waals surface area contributed by atoms with Gasteiger partial charge in [0.1, 0.15) is 31.3 Å². The highest BCUT2D eigenvalue weighted by Gasteiger charge is 2.25. The molecule has 1 aliphatic rings. The van der Waals surface area contributed by atoms with Crippen molar-refractivity contribution in [2.24, 2.45) is 5.92 Å². The molecule has 1 aliphatic carbocycles. The molecule has 0 amide bonds. The molecule has 1 saturated carbocycles. The van der Waals surface area contributed by atoms with Crippen molar-refractivity contribution in [2.45, 2.75) is 71.1 Å². The quantitative estimate of drug-likeness (QED) is 0.113. The van der Waals surface area contributed by atoms with Gasteiger partial charge in [0.05, 0.1) is 6.61 Å². The Kier molecular flexibility index (Phi) is 12.1. The zero-order chi connectivity index (χ0) is 29.7. The summed E-state index contributed by atoms with van der Waals surface area (Å²) >= 11 is 0. The standard InChI is InChI=1S/C37H46O5/c1-4-6-7-8-28-9-11-30(12-10-28)35-20-16-32(26-36(35)41-23-24-42-37(39)5-2)31-15-19-34(27(3)25-31)29-13-17-33(18-14-29)40-22-21-38/h5,13-20,25-26,28,30,38H,2,4,6-12,21-24H2,1,3H3. The van der Waals surface area contributed by atoms with E-state index in [0.717, 1.165) is 34.1 Å². The summed E-state index contributed by atoms with van der Waals surface area (Å²) in [6.45, 7) is 8.65. The van der Waals surface area contributed by atoms with Crippen LogP contribution < -0.4 is 9.47 Å². The summed E-state index contributed by atoms with van der Waals surface area (Å²) in [4.78, 5) is 11.5. The average Bonchev–Trinajstić information content (AvgIpc) is 3.02. The van der Waals surface area contributed by atoms with Gasteiger partial charge in [-0.05, 0) is 96.0 Å². The molecule has 0 aliphatic heterocycles. The normalized spacial score (nSPS) is 16.5. The number of hydrogen-bond acceptors (Lipinski definition) is 5. The van der Waals surface area contributed by atoms with Crippen LogP contribution in [0.4, 0.5) is 0 Å². The number of unbranched alkanes of at least 4 members (excludes halogenated alkanes) is 2. The van der Waals surface area contributed by atoms with Crippen LogP contribution in [0.3, 0.4) is 0 Å². The van der Waals surface area contributed by atoms with E-state index in [9.17, 15) is 4.79 Å². The van der Waals surface area contributed by atoms with Crippen LogP contribution >= 0.6 is 0 Å². The predicted molar refractivity (Wildman–Crippen MR) is 170 cm³/mol. The number of benzene rings is 3. The van der Waals surface area contributed by atoms with Gasteiger partial charge in [0.25, 0.3) is 0 Å². The molecule has 0 unspecified atom stereocenters. The lowest BCUT2D eigenvalue weighted by Crippen LogP contribution is -2.15. The molecule has 4 rings (SSSR count). The highest BCUT2D eigenvalue weighted by atomic mass is 16.6. The molecule has 42 heavy (non-hydrogen) atoms. The summed E-state index contributed by atoms with van der Waals surface area (Å²) in [5, 5.41) is 8.99. The molecule has 5 heteroatoms. The minimum atomic E-state index is -0.433. The maximum Gasteiger partial charge on any atom is 0.330 e. The summed E-state index contributed by atoms with van der Waals surface area (Å²) in [5.74, 6) is 2.54. The number of carbonyl (C=O) groups is 1. The molecular formula is C37H46O5. The minimum absolute atomic E-state index is 0.000927. The average molecular weight is 571 g/mol.